The highest BCUT2D eigenvalue weighted by Gasteiger charge is 2.77. The number of amides is 2. The molecule has 13 heteroatoms. The topological polar surface area (TPSA) is 123 Å². The van der Waals surface area contributed by atoms with E-state index in [-0.39, 0.29) is 27.4 Å². The molecule has 4 rings (SSSR count). The molecule has 0 unspecified atom stereocenters. The molecule has 2 amide bonds. The number of carbonyl (C=O) groups excluding carboxylic acids is 4. The molecule has 0 bridgehead atoms. The van der Waals surface area contributed by atoms with Crippen molar-refractivity contribution in [2.75, 3.05) is 26.7 Å². The molecule has 1 aromatic carbocycles. The summed E-state index contributed by atoms with van der Waals surface area (Å²) in [5.41, 5.74) is 0.141. The zero-order valence-electron chi connectivity index (χ0n) is 19.1. The van der Waals surface area contributed by atoms with Gasteiger partial charge in [0.15, 0.2) is 12.1 Å². The van der Waals surface area contributed by atoms with Crippen molar-refractivity contribution in [2.45, 2.75) is 38.3 Å². The number of likely N-dealkylation sites (N-methyl/N-ethyl adjacent to an activating group) is 1. The molecule has 0 aromatic heterocycles. The summed E-state index contributed by atoms with van der Waals surface area (Å²) in [6, 6.07) is 3.24. The largest absolute Gasteiger partial charge is 0.606 e. The van der Waals surface area contributed by atoms with Gasteiger partial charge in [-0.15, -0.1) is 0 Å². The quantitative estimate of drug-likeness (QED) is 0.458. The van der Waals surface area contributed by atoms with Gasteiger partial charge in [0.25, 0.3) is 5.91 Å². The number of nitrogens with zero attached hydrogens (tertiary/aromatic N) is 1. The summed E-state index contributed by atoms with van der Waals surface area (Å²) in [7, 11) is 1.79. The van der Waals surface area contributed by atoms with Crippen molar-refractivity contribution >= 4 is 53.6 Å². The van der Waals surface area contributed by atoms with Crippen LogP contribution in [-0.2, 0) is 23.7 Å². The molecule has 1 aromatic rings. The number of rotatable bonds is 7. The Bertz CT molecular complexity index is 1030. The highest BCUT2D eigenvalue weighted by Crippen LogP contribution is 2.45. The van der Waals surface area contributed by atoms with Gasteiger partial charge in [-0.05, 0) is 30.5 Å². The number of quaternary nitrogens is 1. The summed E-state index contributed by atoms with van der Waals surface area (Å²) in [5.74, 6) is -2.67. The van der Waals surface area contributed by atoms with Crippen molar-refractivity contribution in [3.8, 4) is 0 Å². The molecule has 3 saturated heterocycles. The zero-order valence-corrected chi connectivity index (χ0v) is 20.6. The summed E-state index contributed by atoms with van der Waals surface area (Å²) in [5, 5.41) is 9.02. The van der Waals surface area contributed by atoms with Gasteiger partial charge in [-0.3, -0.25) is 9.59 Å². The average molecular weight is 513 g/mol. The molecular weight excluding hydrogens is 486 g/mol. The minimum atomic E-state index is -2.55. The molecule has 10 nitrogen and oxygen atoms in total. The molecule has 0 radical (unpaired) electrons. The normalized spacial score (nSPS) is 30.4. The minimum absolute atomic E-state index is 0.0210. The predicted molar refractivity (Wildman–Crippen MR) is 125 cm³/mol. The fourth-order valence-electron chi connectivity index (χ4n) is 5.41. The molecule has 3 heterocycles. The summed E-state index contributed by atoms with van der Waals surface area (Å²) in [6.45, 7) is 1.70. The van der Waals surface area contributed by atoms with Crippen LogP contribution in [0.15, 0.2) is 18.2 Å². The van der Waals surface area contributed by atoms with Gasteiger partial charge in [0.1, 0.15) is 0 Å². The van der Waals surface area contributed by atoms with E-state index in [0.717, 1.165) is 0 Å². The summed E-state index contributed by atoms with van der Waals surface area (Å²) in [4.78, 5) is 51.0. The van der Waals surface area contributed by atoms with Crippen molar-refractivity contribution < 1.29 is 32.9 Å². The minimum Gasteiger partial charge on any atom is -0.599 e. The molecular formula is C21H27BCl2N4O6. The highest BCUT2D eigenvalue weighted by atomic mass is 35.5. The SMILES string of the molecule is CC(C)C[C@H](NC(=O)CNC(=O)c1cc(Cl)ccc1Cl)[B-]12OC(=O)[C@@H]3CNC[C@@H](C(=O)O1)[N+]32C. The maximum absolute atomic E-state index is 12.9. The van der Waals surface area contributed by atoms with Crippen LogP contribution in [0.5, 0.6) is 0 Å². The fourth-order valence-corrected chi connectivity index (χ4v) is 5.79. The van der Waals surface area contributed by atoms with Gasteiger partial charge in [-0.2, -0.15) is 0 Å². The summed E-state index contributed by atoms with van der Waals surface area (Å²) >= 11 is 12.0. The van der Waals surface area contributed by atoms with Crippen LogP contribution in [0.4, 0.5) is 0 Å². The fraction of sp³-hybridized carbons (Fsp3) is 0.524. The number of nitrogens with one attached hydrogen (secondary N) is 3. The first-order valence-corrected chi connectivity index (χ1v) is 11.9. The van der Waals surface area contributed by atoms with E-state index < -0.39 is 48.5 Å². The van der Waals surface area contributed by atoms with E-state index >= 15 is 0 Å². The van der Waals surface area contributed by atoms with Gasteiger partial charge < -0.3 is 29.7 Å². The Morgan fingerprint density at radius 1 is 1.18 bits per heavy atom. The highest BCUT2D eigenvalue weighted by molar-refractivity contribution is 6.68. The van der Waals surface area contributed by atoms with E-state index in [2.05, 4.69) is 16.0 Å². The first-order valence-electron chi connectivity index (χ1n) is 11.2. The molecule has 3 fully saturated rings. The third kappa shape index (κ3) is 3.94. The van der Waals surface area contributed by atoms with Crippen molar-refractivity contribution in [3.63, 3.8) is 0 Å². The lowest BCUT2D eigenvalue weighted by Crippen LogP contribution is -2.78. The summed E-state index contributed by atoms with van der Waals surface area (Å²) in [6.07, 6.45) is 0.404. The van der Waals surface area contributed by atoms with Gasteiger partial charge in [0.05, 0.1) is 36.2 Å². The average Bonchev–Trinajstić information content (AvgIpc) is 3.13. The van der Waals surface area contributed by atoms with Gasteiger partial charge in [-0.25, -0.2) is 9.59 Å². The maximum Gasteiger partial charge on any atom is 0.606 e. The number of piperazine rings is 1. The lowest BCUT2D eigenvalue weighted by Gasteiger charge is -2.51. The zero-order chi connectivity index (χ0) is 24.8. The van der Waals surface area contributed by atoms with Crippen molar-refractivity contribution in [1.29, 1.82) is 0 Å². The van der Waals surface area contributed by atoms with E-state index in [4.69, 9.17) is 32.5 Å². The second kappa shape index (κ2) is 9.03. The van der Waals surface area contributed by atoms with Gasteiger partial charge in [0, 0.05) is 12.1 Å². The van der Waals surface area contributed by atoms with Crippen LogP contribution in [0.2, 0.25) is 10.0 Å². The van der Waals surface area contributed by atoms with Crippen molar-refractivity contribution in [3.05, 3.63) is 33.8 Å². The van der Waals surface area contributed by atoms with E-state index in [0.29, 0.717) is 24.5 Å². The number of carbonyl (C=O) groups is 4. The Morgan fingerprint density at radius 3 is 2.38 bits per heavy atom. The lowest BCUT2D eigenvalue weighted by atomic mass is 9.56. The number of halogens is 2. The Kier molecular flexibility index (Phi) is 6.58. The third-order valence-electron chi connectivity index (χ3n) is 7.07. The molecule has 0 spiro atoms. The lowest BCUT2D eigenvalue weighted by molar-refractivity contribution is -0.846. The first kappa shape index (κ1) is 24.8. The monoisotopic (exact) mass is 512 g/mol. The van der Waals surface area contributed by atoms with Crippen LogP contribution in [-0.4, -0.2) is 79.5 Å². The van der Waals surface area contributed by atoms with Crippen LogP contribution < -0.4 is 16.0 Å². The maximum atomic E-state index is 12.9. The van der Waals surface area contributed by atoms with Crippen molar-refractivity contribution in [1.82, 2.24) is 16.0 Å². The van der Waals surface area contributed by atoms with Gasteiger partial charge >= 0.3 is 18.6 Å². The van der Waals surface area contributed by atoms with Gasteiger partial charge in [0.2, 0.25) is 5.91 Å². The first-order chi connectivity index (χ1) is 16.0. The van der Waals surface area contributed by atoms with Crippen molar-refractivity contribution in [2.24, 2.45) is 5.92 Å². The second-order valence-corrected chi connectivity index (χ2v) is 10.5. The van der Waals surface area contributed by atoms with Crippen LogP contribution in [0.1, 0.15) is 30.6 Å². The Hall–Kier alpha value is -2.34. The van der Waals surface area contributed by atoms with E-state index in [1.807, 2.05) is 13.8 Å². The van der Waals surface area contributed by atoms with Crippen LogP contribution in [0, 0.1) is 5.92 Å². The predicted octanol–water partition coefficient (Wildman–Crippen LogP) is 0.633. The standard InChI is InChI=1S/C21H27BCl2N4O6/c1-11(2)6-17(27-18(29)10-26-19(30)13-7-12(23)4-5-14(13)24)22-28(3)15(20(31)33-22)8-25-9-16(28)21(32)34-22/h4-5,7,11,15-17,25H,6,8-10H2,1-3H3,(H,26,30)(H,27,29)/t15-,16-,17-,22?,28?/m0/s1. The van der Waals surface area contributed by atoms with Gasteiger partial charge in [-0.1, -0.05) is 37.0 Å². The molecule has 3 N–H and O–H groups in total. The molecule has 3 atom stereocenters. The van der Waals surface area contributed by atoms with Crippen LogP contribution in [0.3, 0.4) is 0 Å². The van der Waals surface area contributed by atoms with E-state index in [9.17, 15) is 19.2 Å². The Labute approximate surface area is 207 Å². The molecule has 3 aliphatic rings. The smallest absolute Gasteiger partial charge is 0.599 e. The van der Waals surface area contributed by atoms with E-state index in [1.54, 1.807) is 13.1 Å². The number of benzene rings is 1. The molecule has 184 valence electrons. The van der Waals surface area contributed by atoms with Crippen LogP contribution >= 0.6 is 23.2 Å². The second-order valence-electron chi connectivity index (χ2n) is 9.62. The molecule has 3 aliphatic heterocycles. The molecule has 0 aliphatic carbocycles. The van der Waals surface area contributed by atoms with E-state index in [1.165, 1.54) is 12.1 Å². The van der Waals surface area contributed by atoms with Crippen LogP contribution in [0.25, 0.3) is 0 Å². The summed E-state index contributed by atoms with van der Waals surface area (Å²) < 4.78 is 11.6. The third-order valence-corrected chi connectivity index (χ3v) is 7.64. The Balaban J connectivity index is 1.54. The Morgan fingerprint density at radius 2 is 1.79 bits per heavy atom. The molecule has 0 saturated carbocycles. The number of hydrogen-bond acceptors (Lipinski definition) is 7. The number of hydrogen-bond donors (Lipinski definition) is 3. The molecule has 34 heavy (non-hydrogen) atoms.